The Morgan fingerprint density at radius 1 is 1.12 bits per heavy atom. The summed E-state index contributed by atoms with van der Waals surface area (Å²) >= 11 is 0. The lowest BCUT2D eigenvalue weighted by Crippen LogP contribution is -2.19. The molecule has 1 aliphatic heterocycles. The molecule has 0 bridgehead atoms. The molecular formula is C22H26N8O2. The highest BCUT2D eigenvalue weighted by Gasteiger charge is 2.17. The van der Waals surface area contributed by atoms with Gasteiger partial charge in [0.25, 0.3) is 0 Å². The third kappa shape index (κ3) is 4.45. The predicted molar refractivity (Wildman–Crippen MR) is 117 cm³/mol. The van der Waals surface area contributed by atoms with Crippen LogP contribution in [0.25, 0.3) is 16.9 Å². The monoisotopic (exact) mass is 434 g/mol. The van der Waals surface area contributed by atoms with Gasteiger partial charge in [-0.2, -0.15) is 9.78 Å². The van der Waals surface area contributed by atoms with Crippen LogP contribution >= 0.6 is 0 Å². The van der Waals surface area contributed by atoms with Gasteiger partial charge in [0.1, 0.15) is 5.82 Å². The van der Waals surface area contributed by atoms with E-state index in [1.807, 2.05) is 23.0 Å². The first-order valence-electron chi connectivity index (χ1n) is 11.1. The van der Waals surface area contributed by atoms with E-state index in [9.17, 15) is 0 Å². The van der Waals surface area contributed by atoms with Crippen molar-refractivity contribution in [2.75, 3.05) is 19.8 Å². The third-order valence-corrected chi connectivity index (χ3v) is 5.54. The maximum Gasteiger partial charge on any atom is 0.213 e. The van der Waals surface area contributed by atoms with Crippen LogP contribution in [0, 0.1) is 0 Å². The largest absolute Gasteiger partial charge is 0.478 e. The van der Waals surface area contributed by atoms with Crippen molar-refractivity contribution in [1.29, 1.82) is 0 Å². The van der Waals surface area contributed by atoms with Crippen LogP contribution in [0.15, 0.2) is 36.9 Å². The lowest BCUT2D eigenvalue weighted by molar-refractivity contribution is 0.0662. The molecule has 0 radical (unpaired) electrons. The Kier molecular flexibility index (Phi) is 6.02. The van der Waals surface area contributed by atoms with Crippen LogP contribution in [-0.4, -0.2) is 59.5 Å². The second-order valence-electron chi connectivity index (χ2n) is 7.90. The Balaban J connectivity index is 1.33. The van der Waals surface area contributed by atoms with Crippen LogP contribution in [0.2, 0.25) is 0 Å². The zero-order valence-electron chi connectivity index (χ0n) is 18.1. The highest BCUT2D eigenvalue weighted by molar-refractivity contribution is 5.70. The Labute approximate surface area is 185 Å². The van der Waals surface area contributed by atoms with Crippen LogP contribution < -0.4 is 4.74 Å². The molecule has 1 aliphatic rings. The SMILES string of the molecule is CCCCOc1ccc(-n2nnc3cnc(Cc4cnn(C5CCOCC5)c4)nc32)cn1. The maximum atomic E-state index is 5.64. The van der Waals surface area contributed by atoms with Crippen molar-refractivity contribution in [3.63, 3.8) is 0 Å². The summed E-state index contributed by atoms with van der Waals surface area (Å²) in [4.78, 5) is 13.6. The van der Waals surface area contributed by atoms with E-state index in [1.54, 1.807) is 17.1 Å². The summed E-state index contributed by atoms with van der Waals surface area (Å²) in [6.07, 6.45) is 12.1. The number of fused-ring (bicyclic) bond motifs is 1. The number of rotatable bonds is 8. The van der Waals surface area contributed by atoms with Crippen LogP contribution in [0.4, 0.5) is 0 Å². The first-order valence-corrected chi connectivity index (χ1v) is 11.1. The van der Waals surface area contributed by atoms with Gasteiger partial charge in [-0.15, -0.1) is 5.10 Å². The van der Waals surface area contributed by atoms with Crippen LogP contribution in [0.3, 0.4) is 0 Å². The Bertz CT molecular complexity index is 1160. The topological polar surface area (TPSA) is 106 Å². The molecule has 10 nitrogen and oxygen atoms in total. The van der Waals surface area contributed by atoms with E-state index in [0.717, 1.165) is 50.1 Å². The van der Waals surface area contributed by atoms with Gasteiger partial charge >= 0.3 is 0 Å². The van der Waals surface area contributed by atoms with E-state index in [-0.39, 0.29) is 0 Å². The Morgan fingerprint density at radius 3 is 2.84 bits per heavy atom. The smallest absolute Gasteiger partial charge is 0.213 e. The standard InChI is InChI=1S/C22H26N8O2/c1-2-3-8-32-21-5-4-18(13-24-21)30-22-19(27-28-30)14-23-20(26-22)11-16-12-25-29(15-16)17-6-9-31-10-7-17/h4-5,12-15,17H,2-3,6-11H2,1H3. The molecule has 0 atom stereocenters. The molecule has 5 heterocycles. The summed E-state index contributed by atoms with van der Waals surface area (Å²) < 4.78 is 14.8. The number of hydrogen-bond acceptors (Lipinski definition) is 8. The molecule has 0 aromatic carbocycles. The van der Waals surface area contributed by atoms with Crippen molar-refractivity contribution in [3.8, 4) is 11.6 Å². The molecule has 32 heavy (non-hydrogen) atoms. The van der Waals surface area contributed by atoms with E-state index < -0.39 is 0 Å². The van der Waals surface area contributed by atoms with Gasteiger partial charge in [0, 0.05) is 31.9 Å². The minimum absolute atomic E-state index is 0.396. The van der Waals surface area contributed by atoms with Crippen molar-refractivity contribution in [2.24, 2.45) is 0 Å². The van der Waals surface area contributed by atoms with E-state index >= 15 is 0 Å². The van der Waals surface area contributed by atoms with Gasteiger partial charge in [-0.25, -0.2) is 15.0 Å². The van der Waals surface area contributed by atoms with E-state index in [0.29, 0.717) is 41.9 Å². The van der Waals surface area contributed by atoms with E-state index in [4.69, 9.17) is 14.5 Å². The van der Waals surface area contributed by atoms with Gasteiger partial charge < -0.3 is 9.47 Å². The summed E-state index contributed by atoms with van der Waals surface area (Å²) in [5.41, 5.74) is 3.13. The molecule has 1 fully saturated rings. The molecule has 4 aromatic rings. The average Bonchev–Trinajstić information content (AvgIpc) is 3.47. The normalized spacial score (nSPS) is 14.8. The second-order valence-corrected chi connectivity index (χ2v) is 7.90. The minimum Gasteiger partial charge on any atom is -0.478 e. The molecule has 4 aromatic heterocycles. The van der Waals surface area contributed by atoms with Crippen molar-refractivity contribution in [1.82, 2.24) is 39.7 Å². The third-order valence-electron chi connectivity index (χ3n) is 5.54. The molecule has 0 unspecified atom stereocenters. The summed E-state index contributed by atoms with van der Waals surface area (Å²) in [6, 6.07) is 4.14. The fraction of sp³-hybridized carbons (Fsp3) is 0.455. The van der Waals surface area contributed by atoms with Gasteiger partial charge in [-0.3, -0.25) is 4.68 Å². The Hall–Kier alpha value is -3.40. The lowest BCUT2D eigenvalue weighted by Gasteiger charge is -2.22. The molecule has 0 spiro atoms. The molecule has 10 heteroatoms. The van der Waals surface area contributed by atoms with E-state index in [1.165, 1.54) is 0 Å². The molecule has 5 rings (SSSR count). The number of hydrogen-bond donors (Lipinski definition) is 0. The highest BCUT2D eigenvalue weighted by Crippen LogP contribution is 2.21. The fourth-order valence-electron chi connectivity index (χ4n) is 3.73. The van der Waals surface area contributed by atoms with E-state index in [2.05, 4.69) is 38.5 Å². The zero-order chi connectivity index (χ0) is 21.8. The predicted octanol–water partition coefficient (Wildman–Crippen LogP) is 2.92. The molecule has 166 valence electrons. The minimum atomic E-state index is 0.396. The molecule has 0 amide bonds. The number of aromatic nitrogens is 8. The number of ether oxygens (including phenoxy) is 2. The van der Waals surface area contributed by atoms with Crippen molar-refractivity contribution in [3.05, 3.63) is 48.3 Å². The van der Waals surface area contributed by atoms with Gasteiger partial charge in [-0.1, -0.05) is 18.6 Å². The summed E-state index contributed by atoms with van der Waals surface area (Å²) in [5, 5.41) is 13.0. The maximum absolute atomic E-state index is 5.64. The van der Waals surface area contributed by atoms with Crippen LogP contribution in [0.1, 0.15) is 50.0 Å². The first-order chi connectivity index (χ1) is 15.8. The summed E-state index contributed by atoms with van der Waals surface area (Å²) in [5.74, 6) is 1.29. The average molecular weight is 435 g/mol. The lowest BCUT2D eigenvalue weighted by atomic mass is 10.1. The van der Waals surface area contributed by atoms with Crippen molar-refractivity contribution >= 4 is 11.2 Å². The summed E-state index contributed by atoms with van der Waals surface area (Å²) in [7, 11) is 0. The van der Waals surface area contributed by atoms with Gasteiger partial charge in [0.05, 0.1) is 36.9 Å². The summed E-state index contributed by atoms with van der Waals surface area (Å²) in [6.45, 7) is 4.37. The second kappa shape index (κ2) is 9.39. The van der Waals surface area contributed by atoms with Crippen molar-refractivity contribution in [2.45, 2.75) is 45.1 Å². The molecule has 1 saturated heterocycles. The number of nitrogens with zero attached hydrogens (tertiary/aromatic N) is 8. The number of unbranched alkanes of at least 4 members (excludes halogenated alkanes) is 1. The van der Waals surface area contributed by atoms with Crippen molar-refractivity contribution < 1.29 is 9.47 Å². The highest BCUT2D eigenvalue weighted by atomic mass is 16.5. The molecule has 0 saturated carbocycles. The Morgan fingerprint density at radius 2 is 2.03 bits per heavy atom. The number of pyridine rings is 1. The van der Waals surface area contributed by atoms with Gasteiger partial charge in [0.2, 0.25) is 5.88 Å². The zero-order valence-corrected chi connectivity index (χ0v) is 18.1. The van der Waals surface area contributed by atoms with Crippen LogP contribution in [-0.2, 0) is 11.2 Å². The molecular weight excluding hydrogens is 408 g/mol. The van der Waals surface area contributed by atoms with Crippen LogP contribution in [0.5, 0.6) is 5.88 Å². The van der Waals surface area contributed by atoms with Gasteiger partial charge in [0.15, 0.2) is 11.2 Å². The fourth-order valence-corrected chi connectivity index (χ4v) is 3.73. The molecule has 0 aliphatic carbocycles. The quantitative estimate of drug-likeness (QED) is 0.390. The first kappa shape index (κ1) is 20.5. The van der Waals surface area contributed by atoms with Gasteiger partial charge in [-0.05, 0) is 30.9 Å². The molecule has 0 N–H and O–H groups in total.